The lowest BCUT2D eigenvalue weighted by Gasteiger charge is -2.09. The van der Waals surface area contributed by atoms with E-state index in [0.29, 0.717) is 16.3 Å². The van der Waals surface area contributed by atoms with Gasteiger partial charge in [0.25, 0.3) is 10.0 Å². The molecule has 3 N–H and O–H groups in total. The van der Waals surface area contributed by atoms with Crippen molar-refractivity contribution >= 4 is 33.2 Å². The molecule has 116 valence electrons. The van der Waals surface area contributed by atoms with Crippen molar-refractivity contribution in [2.45, 2.75) is 18.2 Å². The van der Waals surface area contributed by atoms with Gasteiger partial charge < -0.3 is 5.73 Å². The molecule has 0 atom stereocenters. The van der Waals surface area contributed by atoms with E-state index in [2.05, 4.69) is 4.72 Å². The summed E-state index contributed by atoms with van der Waals surface area (Å²) in [7, 11) is -3.71. The smallest absolute Gasteiger partial charge is 0.261 e. The number of carbonyl (C=O) groups excluding carboxylic acids is 1. The van der Waals surface area contributed by atoms with Gasteiger partial charge in [0.1, 0.15) is 0 Å². The highest BCUT2D eigenvalue weighted by atomic mass is 35.5. The number of benzene rings is 2. The fourth-order valence-corrected chi connectivity index (χ4v) is 3.18. The number of primary amides is 1. The quantitative estimate of drug-likeness (QED) is 0.877. The van der Waals surface area contributed by atoms with Crippen molar-refractivity contribution in [1.82, 2.24) is 0 Å². The molecule has 0 saturated heterocycles. The second kappa shape index (κ2) is 6.37. The van der Waals surface area contributed by atoms with Gasteiger partial charge >= 0.3 is 0 Å². The summed E-state index contributed by atoms with van der Waals surface area (Å²) < 4.78 is 27.0. The minimum Gasteiger partial charge on any atom is -0.369 e. The lowest BCUT2D eigenvalue weighted by atomic mass is 10.1. The number of amides is 1. The topological polar surface area (TPSA) is 89.3 Å². The average molecular weight is 339 g/mol. The Morgan fingerprint density at radius 2 is 1.82 bits per heavy atom. The van der Waals surface area contributed by atoms with Crippen LogP contribution in [0.1, 0.15) is 11.1 Å². The zero-order chi connectivity index (χ0) is 16.3. The van der Waals surface area contributed by atoms with Gasteiger partial charge in [-0.15, -0.1) is 0 Å². The molecule has 0 saturated carbocycles. The van der Waals surface area contributed by atoms with Crippen LogP contribution in [-0.4, -0.2) is 14.3 Å². The molecule has 0 bridgehead atoms. The lowest BCUT2D eigenvalue weighted by Crippen LogP contribution is -2.14. The van der Waals surface area contributed by atoms with E-state index in [4.69, 9.17) is 17.3 Å². The summed E-state index contributed by atoms with van der Waals surface area (Å²) in [6.45, 7) is 1.80. The van der Waals surface area contributed by atoms with E-state index < -0.39 is 15.9 Å². The number of nitrogens with two attached hydrogens (primary N) is 1. The zero-order valence-corrected chi connectivity index (χ0v) is 13.4. The fourth-order valence-electron chi connectivity index (χ4n) is 1.85. The number of hydrogen-bond acceptors (Lipinski definition) is 3. The lowest BCUT2D eigenvalue weighted by molar-refractivity contribution is -0.117. The van der Waals surface area contributed by atoms with Crippen LogP contribution in [0.4, 0.5) is 5.69 Å². The van der Waals surface area contributed by atoms with Crippen molar-refractivity contribution in [3.8, 4) is 0 Å². The Kier molecular flexibility index (Phi) is 4.73. The number of halogens is 1. The fraction of sp³-hybridized carbons (Fsp3) is 0.133. The summed E-state index contributed by atoms with van der Waals surface area (Å²) in [5.41, 5.74) is 7.02. The van der Waals surface area contributed by atoms with Crippen LogP contribution in [0.15, 0.2) is 47.4 Å². The number of rotatable bonds is 5. The van der Waals surface area contributed by atoms with Crippen LogP contribution in [0.25, 0.3) is 0 Å². The predicted molar refractivity (Wildman–Crippen MR) is 86.3 cm³/mol. The van der Waals surface area contributed by atoms with Gasteiger partial charge in [0.15, 0.2) is 0 Å². The van der Waals surface area contributed by atoms with Crippen molar-refractivity contribution < 1.29 is 13.2 Å². The highest BCUT2D eigenvalue weighted by molar-refractivity contribution is 7.92. The Balaban J connectivity index is 2.21. The summed E-state index contributed by atoms with van der Waals surface area (Å²) in [5.74, 6) is -0.442. The Hall–Kier alpha value is -2.05. The van der Waals surface area contributed by atoms with Crippen molar-refractivity contribution in [2.24, 2.45) is 5.73 Å². The maximum absolute atomic E-state index is 12.3. The van der Waals surface area contributed by atoms with Gasteiger partial charge in [0.05, 0.1) is 11.3 Å². The minimum atomic E-state index is -3.71. The normalized spacial score (nSPS) is 11.2. The molecule has 7 heteroatoms. The first-order valence-electron chi connectivity index (χ1n) is 6.44. The van der Waals surface area contributed by atoms with Gasteiger partial charge in [-0.05, 0) is 42.3 Å². The molecular formula is C15H15ClN2O3S. The van der Waals surface area contributed by atoms with Crippen molar-refractivity contribution in [1.29, 1.82) is 0 Å². The van der Waals surface area contributed by atoms with E-state index in [-0.39, 0.29) is 11.3 Å². The maximum atomic E-state index is 12.3. The average Bonchev–Trinajstić information content (AvgIpc) is 2.43. The van der Waals surface area contributed by atoms with Gasteiger partial charge in [0, 0.05) is 10.7 Å². The molecule has 0 unspecified atom stereocenters. The van der Waals surface area contributed by atoms with Crippen molar-refractivity contribution in [3.63, 3.8) is 0 Å². The summed E-state index contributed by atoms with van der Waals surface area (Å²) in [5, 5.41) is 0.389. The van der Waals surface area contributed by atoms with Crippen LogP contribution < -0.4 is 10.5 Å². The maximum Gasteiger partial charge on any atom is 0.261 e. The molecule has 0 aliphatic rings. The molecule has 1 amide bonds. The third-order valence-electron chi connectivity index (χ3n) is 3.04. The van der Waals surface area contributed by atoms with Crippen LogP contribution in [0.2, 0.25) is 5.02 Å². The van der Waals surface area contributed by atoms with Crippen LogP contribution in [0.3, 0.4) is 0 Å². The van der Waals surface area contributed by atoms with E-state index in [0.717, 1.165) is 5.56 Å². The molecule has 22 heavy (non-hydrogen) atoms. The van der Waals surface area contributed by atoms with Gasteiger partial charge in [0.2, 0.25) is 5.91 Å². The molecule has 0 fully saturated rings. The van der Waals surface area contributed by atoms with E-state index in [1.165, 1.54) is 12.1 Å². The zero-order valence-electron chi connectivity index (χ0n) is 11.8. The van der Waals surface area contributed by atoms with Crippen LogP contribution in [0, 0.1) is 6.92 Å². The number of carbonyl (C=O) groups is 1. The summed E-state index contributed by atoms with van der Waals surface area (Å²) in [4.78, 5) is 10.9. The molecule has 0 aromatic heterocycles. The van der Waals surface area contributed by atoms with E-state index in [1.54, 1.807) is 37.3 Å². The number of nitrogens with one attached hydrogen (secondary N) is 1. The Labute approximate surface area is 134 Å². The third-order valence-corrected chi connectivity index (χ3v) is 4.82. The first-order chi connectivity index (χ1) is 10.3. The van der Waals surface area contributed by atoms with Crippen molar-refractivity contribution in [3.05, 3.63) is 58.6 Å². The molecule has 2 rings (SSSR count). The Morgan fingerprint density at radius 1 is 1.18 bits per heavy atom. The predicted octanol–water partition coefficient (Wildman–Crippen LogP) is 2.48. The SMILES string of the molecule is Cc1ccc(S(=O)(=O)Nc2ccc(CC(N)=O)cc2)cc1Cl. The molecular weight excluding hydrogens is 324 g/mol. The molecule has 0 aliphatic heterocycles. The molecule has 0 heterocycles. The standard InChI is InChI=1S/C15H15ClN2O3S/c1-10-2-7-13(9-14(10)16)22(20,21)18-12-5-3-11(4-6-12)8-15(17)19/h2-7,9,18H,8H2,1H3,(H2,17,19). The van der Waals surface area contributed by atoms with Crippen LogP contribution in [-0.2, 0) is 21.2 Å². The van der Waals surface area contributed by atoms with Gasteiger partial charge in [-0.25, -0.2) is 8.42 Å². The number of aryl methyl sites for hydroxylation is 1. The summed E-state index contributed by atoms with van der Waals surface area (Å²) >= 11 is 5.96. The highest BCUT2D eigenvalue weighted by Gasteiger charge is 2.15. The third kappa shape index (κ3) is 3.99. The molecule has 0 radical (unpaired) electrons. The summed E-state index contributed by atoms with van der Waals surface area (Å²) in [6.07, 6.45) is 0.112. The second-order valence-corrected chi connectivity index (χ2v) is 6.95. The monoisotopic (exact) mass is 338 g/mol. The number of anilines is 1. The van der Waals surface area contributed by atoms with Crippen molar-refractivity contribution in [2.75, 3.05) is 4.72 Å². The molecule has 0 aliphatic carbocycles. The molecule has 2 aromatic carbocycles. The minimum absolute atomic E-state index is 0.0873. The van der Waals surface area contributed by atoms with E-state index in [1.807, 2.05) is 0 Å². The van der Waals surface area contributed by atoms with Gasteiger partial charge in [-0.1, -0.05) is 29.8 Å². The number of hydrogen-bond donors (Lipinski definition) is 2. The first-order valence-corrected chi connectivity index (χ1v) is 8.30. The first kappa shape index (κ1) is 16.3. The van der Waals surface area contributed by atoms with E-state index >= 15 is 0 Å². The largest absolute Gasteiger partial charge is 0.369 e. The molecule has 0 spiro atoms. The molecule has 2 aromatic rings. The van der Waals surface area contributed by atoms with E-state index in [9.17, 15) is 13.2 Å². The highest BCUT2D eigenvalue weighted by Crippen LogP contribution is 2.22. The Bertz CT molecular complexity index is 802. The molecule has 5 nitrogen and oxygen atoms in total. The van der Waals surface area contributed by atoms with Crippen LogP contribution in [0.5, 0.6) is 0 Å². The van der Waals surface area contributed by atoms with Crippen LogP contribution >= 0.6 is 11.6 Å². The van der Waals surface area contributed by atoms with Gasteiger partial charge in [-0.3, -0.25) is 9.52 Å². The second-order valence-electron chi connectivity index (χ2n) is 4.86. The Morgan fingerprint density at radius 3 is 2.36 bits per heavy atom. The number of sulfonamides is 1. The van der Waals surface area contributed by atoms with Gasteiger partial charge in [-0.2, -0.15) is 0 Å². The summed E-state index contributed by atoms with van der Waals surface area (Å²) in [6, 6.07) is 11.0.